The van der Waals surface area contributed by atoms with E-state index in [1.807, 2.05) is 32.0 Å². The minimum atomic E-state index is -0.883. The van der Waals surface area contributed by atoms with Crippen molar-refractivity contribution < 1.29 is 4.79 Å². The van der Waals surface area contributed by atoms with Gasteiger partial charge in [0.1, 0.15) is 5.41 Å². The first kappa shape index (κ1) is 12.9. The van der Waals surface area contributed by atoms with Crippen LogP contribution in [0.25, 0.3) is 0 Å². The number of amides is 1. The van der Waals surface area contributed by atoms with Crippen molar-refractivity contribution >= 4 is 5.91 Å². The highest BCUT2D eigenvalue weighted by Gasteiger charge is 2.30. The summed E-state index contributed by atoms with van der Waals surface area (Å²) in [6.45, 7) is 4.88. The molecular formula is C10H19N3O. The first-order chi connectivity index (χ1) is 6.46. The Morgan fingerprint density at radius 1 is 1.57 bits per heavy atom. The normalized spacial score (nSPS) is 14.6. The molecule has 80 valence electrons. The molecule has 0 aromatic heterocycles. The van der Waals surface area contributed by atoms with Crippen LogP contribution in [0.2, 0.25) is 0 Å². The predicted molar refractivity (Wildman–Crippen MR) is 55.6 cm³/mol. The fourth-order valence-electron chi connectivity index (χ4n) is 0.879. The van der Waals surface area contributed by atoms with Gasteiger partial charge in [-0.25, -0.2) is 0 Å². The minimum absolute atomic E-state index is 0.177. The third-order valence-electron chi connectivity index (χ3n) is 2.30. The lowest BCUT2D eigenvalue weighted by molar-refractivity contribution is -0.127. The summed E-state index contributed by atoms with van der Waals surface area (Å²) in [5.41, 5.74) is -0.883. The summed E-state index contributed by atoms with van der Waals surface area (Å²) in [5, 5.41) is 11.6. The molecule has 0 saturated heterocycles. The Bertz CT molecular complexity index is 232. The van der Waals surface area contributed by atoms with E-state index in [-0.39, 0.29) is 5.91 Å². The van der Waals surface area contributed by atoms with E-state index in [1.165, 1.54) is 0 Å². The Kier molecular flexibility index (Phi) is 5.18. The van der Waals surface area contributed by atoms with Crippen molar-refractivity contribution in [1.29, 1.82) is 5.26 Å². The molecule has 0 spiro atoms. The molecule has 4 heteroatoms. The number of carbonyl (C=O) groups is 1. The average molecular weight is 197 g/mol. The van der Waals surface area contributed by atoms with E-state index < -0.39 is 5.41 Å². The van der Waals surface area contributed by atoms with Crippen molar-refractivity contribution in [3.8, 4) is 6.07 Å². The monoisotopic (exact) mass is 197 g/mol. The molecule has 1 amide bonds. The molecular weight excluding hydrogens is 178 g/mol. The van der Waals surface area contributed by atoms with Gasteiger partial charge in [0.25, 0.3) is 0 Å². The van der Waals surface area contributed by atoms with Gasteiger partial charge >= 0.3 is 0 Å². The molecule has 0 aliphatic rings. The molecule has 0 rings (SSSR count). The number of rotatable bonds is 5. The number of carbonyl (C=O) groups excluding carboxylic acids is 1. The molecule has 0 heterocycles. The molecule has 4 nitrogen and oxygen atoms in total. The third-order valence-corrected chi connectivity index (χ3v) is 2.30. The molecule has 0 radical (unpaired) electrons. The van der Waals surface area contributed by atoms with Crippen LogP contribution in [0.4, 0.5) is 0 Å². The number of nitrogens with one attached hydrogen (secondary N) is 1. The number of hydrogen-bond donors (Lipinski definition) is 1. The molecule has 0 bridgehead atoms. The minimum Gasteiger partial charge on any atom is -0.353 e. The molecule has 0 aliphatic carbocycles. The molecule has 14 heavy (non-hydrogen) atoms. The summed E-state index contributed by atoms with van der Waals surface area (Å²) in [6, 6.07) is 2.04. The van der Waals surface area contributed by atoms with Crippen LogP contribution >= 0.6 is 0 Å². The molecule has 0 aromatic rings. The zero-order chi connectivity index (χ0) is 11.2. The number of nitrogens with zero attached hydrogens (tertiary/aromatic N) is 2. The van der Waals surface area contributed by atoms with Crippen LogP contribution in [-0.2, 0) is 4.79 Å². The molecule has 1 N–H and O–H groups in total. The lowest BCUT2D eigenvalue weighted by atomic mass is 9.88. The summed E-state index contributed by atoms with van der Waals surface area (Å²) < 4.78 is 0. The van der Waals surface area contributed by atoms with Crippen LogP contribution in [0, 0.1) is 16.7 Å². The summed E-state index contributed by atoms with van der Waals surface area (Å²) >= 11 is 0. The van der Waals surface area contributed by atoms with E-state index in [0.29, 0.717) is 13.0 Å². The average Bonchev–Trinajstić information content (AvgIpc) is 2.15. The number of likely N-dealkylation sites (N-methyl/N-ethyl adjacent to an activating group) is 1. The quantitative estimate of drug-likeness (QED) is 0.702. The topological polar surface area (TPSA) is 56.1 Å². The Hall–Kier alpha value is -1.08. The highest BCUT2D eigenvalue weighted by molar-refractivity contribution is 5.84. The van der Waals surface area contributed by atoms with Crippen molar-refractivity contribution in [2.45, 2.75) is 20.3 Å². The lowest BCUT2D eigenvalue weighted by Gasteiger charge is -2.19. The van der Waals surface area contributed by atoms with E-state index in [2.05, 4.69) is 5.32 Å². The second kappa shape index (κ2) is 5.61. The second-order valence-corrected chi connectivity index (χ2v) is 3.86. The van der Waals surface area contributed by atoms with Crippen LogP contribution in [0.15, 0.2) is 0 Å². The Labute approximate surface area is 85.9 Å². The van der Waals surface area contributed by atoms with Gasteiger partial charge in [-0.3, -0.25) is 4.79 Å². The van der Waals surface area contributed by atoms with Crippen molar-refractivity contribution in [2.24, 2.45) is 5.41 Å². The van der Waals surface area contributed by atoms with Gasteiger partial charge in [-0.1, -0.05) is 6.92 Å². The van der Waals surface area contributed by atoms with Crippen molar-refractivity contribution in [3.63, 3.8) is 0 Å². The van der Waals surface area contributed by atoms with Gasteiger partial charge in [0.15, 0.2) is 0 Å². The van der Waals surface area contributed by atoms with Crippen LogP contribution in [0.3, 0.4) is 0 Å². The van der Waals surface area contributed by atoms with E-state index >= 15 is 0 Å². The predicted octanol–water partition coefficient (Wildman–Crippen LogP) is 0.604. The first-order valence-corrected chi connectivity index (χ1v) is 4.80. The Morgan fingerprint density at radius 2 is 2.14 bits per heavy atom. The molecule has 0 saturated carbocycles. The van der Waals surface area contributed by atoms with Gasteiger partial charge in [0.2, 0.25) is 5.91 Å². The summed E-state index contributed by atoms with van der Waals surface area (Å²) in [5.74, 6) is -0.177. The zero-order valence-corrected chi connectivity index (χ0v) is 9.42. The lowest BCUT2D eigenvalue weighted by Crippen LogP contribution is -2.40. The van der Waals surface area contributed by atoms with Crippen molar-refractivity contribution in [3.05, 3.63) is 0 Å². The van der Waals surface area contributed by atoms with Gasteiger partial charge in [-0.15, -0.1) is 0 Å². The van der Waals surface area contributed by atoms with Crippen molar-refractivity contribution in [1.82, 2.24) is 10.2 Å². The molecule has 0 aromatic carbocycles. The fraction of sp³-hybridized carbons (Fsp3) is 0.800. The van der Waals surface area contributed by atoms with E-state index in [0.717, 1.165) is 6.54 Å². The highest BCUT2D eigenvalue weighted by Crippen LogP contribution is 2.19. The molecule has 1 unspecified atom stereocenters. The molecule has 0 aliphatic heterocycles. The largest absolute Gasteiger partial charge is 0.353 e. The second-order valence-electron chi connectivity index (χ2n) is 3.86. The molecule has 0 fully saturated rings. The smallest absolute Gasteiger partial charge is 0.240 e. The van der Waals surface area contributed by atoms with Gasteiger partial charge in [-0.05, 0) is 27.4 Å². The maximum absolute atomic E-state index is 11.6. The fourth-order valence-corrected chi connectivity index (χ4v) is 0.879. The van der Waals surface area contributed by atoms with Crippen LogP contribution in [0.1, 0.15) is 20.3 Å². The van der Waals surface area contributed by atoms with Gasteiger partial charge in [0.05, 0.1) is 6.07 Å². The summed E-state index contributed by atoms with van der Waals surface area (Å²) in [4.78, 5) is 13.5. The number of nitriles is 1. The van der Waals surface area contributed by atoms with Crippen LogP contribution in [0.5, 0.6) is 0 Å². The van der Waals surface area contributed by atoms with Gasteiger partial charge in [0, 0.05) is 13.1 Å². The molecule has 1 atom stereocenters. The first-order valence-electron chi connectivity index (χ1n) is 4.80. The maximum atomic E-state index is 11.6. The van der Waals surface area contributed by atoms with Crippen molar-refractivity contribution in [2.75, 3.05) is 27.2 Å². The highest BCUT2D eigenvalue weighted by atomic mass is 16.2. The van der Waals surface area contributed by atoms with Gasteiger partial charge < -0.3 is 10.2 Å². The zero-order valence-electron chi connectivity index (χ0n) is 9.42. The third kappa shape index (κ3) is 3.75. The van der Waals surface area contributed by atoms with Crippen LogP contribution < -0.4 is 5.32 Å². The SMILES string of the molecule is CCC(C)(C#N)C(=O)NCCN(C)C. The van der Waals surface area contributed by atoms with Gasteiger partial charge in [-0.2, -0.15) is 5.26 Å². The standard InChI is InChI=1S/C10H19N3O/c1-5-10(2,8-11)9(14)12-6-7-13(3)4/h5-7H2,1-4H3,(H,12,14). The Balaban J connectivity index is 4.02. The maximum Gasteiger partial charge on any atom is 0.240 e. The van der Waals surface area contributed by atoms with E-state index in [9.17, 15) is 4.79 Å². The van der Waals surface area contributed by atoms with Crippen LogP contribution in [-0.4, -0.2) is 38.0 Å². The Morgan fingerprint density at radius 3 is 2.50 bits per heavy atom. The number of hydrogen-bond acceptors (Lipinski definition) is 3. The summed E-state index contributed by atoms with van der Waals surface area (Å²) in [6.07, 6.45) is 0.539. The van der Waals surface area contributed by atoms with E-state index in [4.69, 9.17) is 5.26 Å². The van der Waals surface area contributed by atoms with E-state index in [1.54, 1.807) is 6.92 Å². The summed E-state index contributed by atoms with van der Waals surface area (Å²) in [7, 11) is 3.88.